The van der Waals surface area contributed by atoms with E-state index in [9.17, 15) is 0 Å². The van der Waals surface area contributed by atoms with Crippen LogP contribution in [0.5, 0.6) is 0 Å². The molecule has 2 rings (SSSR count). The van der Waals surface area contributed by atoms with Crippen LogP contribution < -0.4 is 5.32 Å². The third-order valence-electron chi connectivity index (χ3n) is 3.26. The minimum atomic E-state index is 0.519. The highest BCUT2D eigenvalue weighted by molar-refractivity contribution is 5.49. The molecule has 0 atom stereocenters. The first-order chi connectivity index (χ1) is 8.29. The molecule has 0 spiro atoms. The number of nitrogens with zero attached hydrogens (tertiary/aromatic N) is 3. The van der Waals surface area contributed by atoms with E-state index in [1.165, 1.54) is 11.3 Å². The van der Waals surface area contributed by atoms with Crippen molar-refractivity contribution in [3.63, 3.8) is 0 Å². The Balaban J connectivity index is 1.86. The lowest BCUT2D eigenvalue weighted by Crippen LogP contribution is -2.39. The zero-order valence-electron chi connectivity index (χ0n) is 10.2. The molecule has 17 heavy (non-hydrogen) atoms. The summed E-state index contributed by atoms with van der Waals surface area (Å²) in [5.74, 6) is 0. The van der Waals surface area contributed by atoms with Crippen LogP contribution in [0.1, 0.15) is 18.4 Å². The highest BCUT2D eigenvalue weighted by Crippen LogP contribution is 2.18. The molecule has 0 radical (unpaired) electrons. The Bertz CT molecular complexity index is 402. The second-order valence-electron chi connectivity index (χ2n) is 4.54. The van der Waals surface area contributed by atoms with Gasteiger partial charge in [0.15, 0.2) is 0 Å². The number of hydrogen-bond acceptors (Lipinski definition) is 4. The van der Waals surface area contributed by atoms with Gasteiger partial charge in [-0.05, 0) is 31.4 Å². The molecule has 1 aromatic rings. The maximum Gasteiger partial charge on any atom is 0.0866 e. The molecule has 0 bridgehead atoms. The largest absolute Gasteiger partial charge is 0.382 e. The lowest BCUT2D eigenvalue weighted by Gasteiger charge is -2.31. The van der Waals surface area contributed by atoms with Crippen molar-refractivity contribution in [2.75, 3.05) is 25.0 Å². The van der Waals surface area contributed by atoms with E-state index in [-0.39, 0.29) is 0 Å². The summed E-state index contributed by atoms with van der Waals surface area (Å²) in [6.07, 6.45) is 5.90. The molecule has 1 aromatic heterocycles. The molecule has 0 aromatic carbocycles. The Hall–Kier alpha value is -1.60. The highest BCUT2D eigenvalue weighted by atomic mass is 15.1. The number of nitrogens with one attached hydrogen (secondary N) is 1. The van der Waals surface area contributed by atoms with Gasteiger partial charge in [0.05, 0.1) is 12.6 Å². The van der Waals surface area contributed by atoms with E-state index in [0.29, 0.717) is 12.6 Å². The van der Waals surface area contributed by atoms with Crippen molar-refractivity contribution < 1.29 is 0 Å². The third kappa shape index (κ3) is 3.18. The van der Waals surface area contributed by atoms with Crippen molar-refractivity contribution >= 4 is 5.69 Å². The molecule has 0 amide bonds. The average Bonchev–Trinajstić information content (AvgIpc) is 2.35. The van der Waals surface area contributed by atoms with Crippen molar-refractivity contribution in [2.24, 2.45) is 0 Å². The molecule has 2 heterocycles. The molecule has 1 aliphatic rings. The summed E-state index contributed by atoms with van der Waals surface area (Å²) in [5.41, 5.74) is 2.37. The SMILES string of the molecule is Cc1cnccc1NC1CCN(CC#N)CC1. The number of aryl methyl sites for hydroxylation is 1. The van der Waals surface area contributed by atoms with Gasteiger partial charge < -0.3 is 5.32 Å². The number of piperidine rings is 1. The minimum absolute atomic E-state index is 0.519. The number of anilines is 1. The smallest absolute Gasteiger partial charge is 0.0866 e. The molecule has 4 heteroatoms. The topological polar surface area (TPSA) is 52.0 Å². The monoisotopic (exact) mass is 230 g/mol. The quantitative estimate of drug-likeness (QED) is 0.804. The molecule has 1 saturated heterocycles. The molecule has 0 aliphatic carbocycles. The van der Waals surface area contributed by atoms with Crippen LogP contribution in [0.15, 0.2) is 18.5 Å². The van der Waals surface area contributed by atoms with E-state index >= 15 is 0 Å². The molecule has 4 nitrogen and oxygen atoms in total. The summed E-state index contributed by atoms with van der Waals surface area (Å²) in [6.45, 7) is 4.64. The van der Waals surface area contributed by atoms with E-state index in [2.05, 4.69) is 28.2 Å². The van der Waals surface area contributed by atoms with E-state index < -0.39 is 0 Å². The number of pyridine rings is 1. The summed E-state index contributed by atoms with van der Waals surface area (Å²) >= 11 is 0. The van der Waals surface area contributed by atoms with Gasteiger partial charge in [-0.2, -0.15) is 5.26 Å². The fourth-order valence-corrected chi connectivity index (χ4v) is 2.19. The summed E-state index contributed by atoms with van der Waals surface area (Å²) in [5, 5.41) is 12.2. The van der Waals surface area contributed by atoms with E-state index in [1.807, 2.05) is 18.5 Å². The van der Waals surface area contributed by atoms with Crippen LogP contribution >= 0.6 is 0 Å². The highest BCUT2D eigenvalue weighted by Gasteiger charge is 2.18. The summed E-state index contributed by atoms with van der Waals surface area (Å²) in [6, 6.07) is 4.75. The molecule has 90 valence electrons. The van der Waals surface area contributed by atoms with Crippen LogP contribution in [0.25, 0.3) is 0 Å². The Labute approximate surface area is 102 Å². The molecule has 0 unspecified atom stereocenters. The Morgan fingerprint density at radius 2 is 2.29 bits per heavy atom. The van der Waals surface area contributed by atoms with E-state index in [4.69, 9.17) is 5.26 Å². The van der Waals surface area contributed by atoms with Crippen molar-refractivity contribution in [2.45, 2.75) is 25.8 Å². The maximum absolute atomic E-state index is 8.64. The predicted octanol–water partition coefficient (Wildman–Crippen LogP) is 1.79. The molecule has 1 aliphatic heterocycles. The van der Waals surface area contributed by atoms with Gasteiger partial charge >= 0.3 is 0 Å². The summed E-state index contributed by atoms with van der Waals surface area (Å²) in [4.78, 5) is 6.30. The van der Waals surface area contributed by atoms with Crippen molar-refractivity contribution in [3.8, 4) is 6.07 Å². The first-order valence-corrected chi connectivity index (χ1v) is 6.06. The van der Waals surface area contributed by atoms with Gasteiger partial charge in [-0.25, -0.2) is 0 Å². The third-order valence-corrected chi connectivity index (χ3v) is 3.26. The summed E-state index contributed by atoms with van der Waals surface area (Å²) in [7, 11) is 0. The van der Waals surface area contributed by atoms with Gasteiger partial charge in [-0.15, -0.1) is 0 Å². The Kier molecular flexibility index (Phi) is 3.94. The fraction of sp³-hybridized carbons (Fsp3) is 0.538. The van der Waals surface area contributed by atoms with Gasteiger partial charge in [0, 0.05) is 37.2 Å². The van der Waals surface area contributed by atoms with Crippen LogP contribution in [0, 0.1) is 18.3 Å². The average molecular weight is 230 g/mol. The zero-order chi connectivity index (χ0) is 12.1. The predicted molar refractivity (Wildman–Crippen MR) is 67.7 cm³/mol. The van der Waals surface area contributed by atoms with Crippen molar-refractivity contribution in [1.82, 2.24) is 9.88 Å². The molecular weight excluding hydrogens is 212 g/mol. The van der Waals surface area contributed by atoms with Crippen molar-refractivity contribution in [1.29, 1.82) is 5.26 Å². The molecular formula is C13H18N4. The van der Waals surface area contributed by atoms with Crippen LogP contribution in [-0.4, -0.2) is 35.6 Å². The number of likely N-dealkylation sites (tertiary alicyclic amines) is 1. The van der Waals surface area contributed by atoms with Gasteiger partial charge in [0.2, 0.25) is 0 Å². The number of aromatic nitrogens is 1. The van der Waals surface area contributed by atoms with Crippen LogP contribution in [-0.2, 0) is 0 Å². The Morgan fingerprint density at radius 1 is 1.53 bits per heavy atom. The van der Waals surface area contributed by atoms with Gasteiger partial charge in [-0.1, -0.05) is 0 Å². The van der Waals surface area contributed by atoms with E-state index in [0.717, 1.165) is 25.9 Å². The Morgan fingerprint density at radius 3 is 2.94 bits per heavy atom. The van der Waals surface area contributed by atoms with Crippen LogP contribution in [0.4, 0.5) is 5.69 Å². The maximum atomic E-state index is 8.64. The normalized spacial score (nSPS) is 17.6. The van der Waals surface area contributed by atoms with Gasteiger partial charge in [-0.3, -0.25) is 9.88 Å². The van der Waals surface area contributed by atoms with Crippen LogP contribution in [0.2, 0.25) is 0 Å². The van der Waals surface area contributed by atoms with Crippen molar-refractivity contribution in [3.05, 3.63) is 24.0 Å². The van der Waals surface area contributed by atoms with Gasteiger partial charge in [0.1, 0.15) is 0 Å². The van der Waals surface area contributed by atoms with Gasteiger partial charge in [0.25, 0.3) is 0 Å². The fourth-order valence-electron chi connectivity index (χ4n) is 2.19. The lowest BCUT2D eigenvalue weighted by molar-refractivity contribution is 0.242. The molecule has 1 N–H and O–H groups in total. The first-order valence-electron chi connectivity index (χ1n) is 6.06. The second-order valence-corrected chi connectivity index (χ2v) is 4.54. The second kappa shape index (κ2) is 5.65. The summed E-state index contributed by atoms with van der Waals surface area (Å²) < 4.78 is 0. The standard InChI is InChI=1S/C13H18N4/c1-11-10-15-6-2-13(11)16-12-3-7-17(8-4-12)9-5-14/h2,6,10,12H,3-4,7-9H2,1H3,(H,15,16). The molecule has 1 fully saturated rings. The number of nitriles is 1. The number of hydrogen-bond donors (Lipinski definition) is 1. The zero-order valence-corrected chi connectivity index (χ0v) is 10.2. The van der Waals surface area contributed by atoms with E-state index in [1.54, 1.807) is 0 Å². The van der Waals surface area contributed by atoms with Crippen LogP contribution in [0.3, 0.4) is 0 Å². The number of rotatable bonds is 3. The lowest BCUT2D eigenvalue weighted by atomic mass is 10.0. The minimum Gasteiger partial charge on any atom is -0.382 e. The molecule has 0 saturated carbocycles. The first kappa shape index (κ1) is 11.9.